The average molecular weight is 434 g/mol. The van der Waals surface area contributed by atoms with Crippen molar-refractivity contribution < 1.29 is 14.3 Å². The molecule has 166 valence electrons. The van der Waals surface area contributed by atoms with E-state index in [9.17, 15) is 9.59 Å². The predicted octanol–water partition coefficient (Wildman–Crippen LogP) is 2.95. The predicted molar refractivity (Wildman–Crippen MR) is 124 cm³/mol. The van der Waals surface area contributed by atoms with Crippen molar-refractivity contribution in [3.05, 3.63) is 71.8 Å². The minimum absolute atomic E-state index is 0.0836. The highest BCUT2D eigenvalue weighted by Gasteiger charge is 2.26. The van der Waals surface area contributed by atoms with Crippen molar-refractivity contribution in [2.24, 2.45) is 0 Å². The largest absolute Gasteiger partial charge is 0.497 e. The number of imidazole rings is 1. The molecule has 0 saturated carbocycles. The molecule has 2 aromatic carbocycles. The van der Waals surface area contributed by atoms with Gasteiger partial charge in [0.25, 0.3) is 11.8 Å². The van der Waals surface area contributed by atoms with Gasteiger partial charge in [0.15, 0.2) is 0 Å². The highest BCUT2D eigenvalue weighted by Crippen LogP contribution is 2.20. The van der Waals surface area contributed by atoms with Gasteiger partial charge in [-0.3, -0.25) is 9.59 Å². The molecule has 2 heterocycles. The summed E-state index contributed by atoms with van der Waals surface area (Å²) in [5.41, 5.74) is 2.73. The minimum atomic E-state index is -0.237. The van der Waals surface area contributed by atoms with E-state index in [-0.39, 0.29) is 17.9 Å². The Morgan fingerprint density at radius 1 is 1.12 bits per heavy atom. The maximum Gasteiger partial charge on any atom is 0.273 e. The number of carbonyl (C=O) groups is 2. The fourth-order valence-corrected chi connectivity index (χ4v) is 3.79. The van der Waals surface area contributed by atoms with Gasteiger partial charge in [-0.1, -0.05) is 6.07 Å². The molecule has 1 aliphatic rings. The van der Waals surface area contributed by atoms with Crippen molar-refractivity contribution in [2.45, 2.75) is 25.4 Å². The Hall–Kier alpha value is -3.81. The van der Waals surface area contributed by atoms with E-state index in [1.54, 1.807) is 37.6 Å². The molecule has 4 rings (SSSR count). The van der Waals surface area contributed by atoms with Crippen molar-refractivity contribution in [3.63, 3.8) is 0 Å². The molecule has 8 heteroatoms. The smallest absolute Gasteiger partial charge is 0.273 e. The number of nitrogens with one attached hydrogen (secondary N) is 2. The first-order valence-corrected chi connectivity index (χ1v) is 10.5. The molecule has 1 atom stereocenters. The van der Waals surface area contributed by atoms with Crippen molar-refractivity contribution >= 4 is 23.2 Å². The van der Waals surface area contributed by atoms with Crippen LogP contribution in [-0.2, 0) is 13.0 Å². The van der Waals surface area contributed by atoms with Crippen LogP contribution in [0, 0.1) is 0 Å². The average Bonchev–Trinajstić information content (AvgIpc) is 3.23. The van der Waals surface area contributed by atoms with Gasteiger partial charge in [0.2, 0.25) is 0 Å². The lowest BCUT2D eigenvalue weighted by Gasteiger charge is -2.26. The van der Waals surface area contributed by atoms with E-state index in [1.165, 1.54) is 0 Å². The van der Waals surface area contributed by atoms with Crippen LogP contribution in [0.5, 0.6) is 5.75 Å². The second kappa shape index (κ2) is 9.13. The van der Waals surface area contributed by atoms with Gasteiger partial charge in [0.05, 0.1) is 13.3 Å². The van der Waals surface area contributed by atoms with Crippen LogP contribution in [0.15, 0.2) is 54.7 Å². The monoisotopic (exact) mass is 433 g/mol. The normalized spacial score (nSPS) is 14.9. The summed E-state index contributed by atoms with van der Waals surface area (Å²) in [4.78, 5) is 32.0. The molecule has 1 aromatic heterocycles. The van der Waals surface area contributed by atoms with Crippen LogP contribution >= 0.6 is 0 Å². The van der Waals surface area contributed by atoms with Crippen LogP contribution in [0.4, 0.5) is 11.4 Å². The van der Waals surface area contributed by atoms with Crippen LogP contribution in [0.25, 0.3) is 0 Å². The number of aryl methyl sites for hydroxylation is 1. The quantitative estimate of drug-likeness (QED) is 0.624. The third kappa shape index (κ3) is 4.59. The summed E-state index contributed by atoms with van der Waals surface area (Å²) in [6.07, 6.45) is 3.06. The van der Waals surface area contributed by atoms with Gasteiger partial charge in [-0.05, 0) is 48.9 Å². The molecule has 0 fully saturated rings. The number of hydrogen-bond acceptors (Lipinski definition) is 5. The third-order valence-corrected chi connectivity index (χ3v) is 5.60. The number of fused-ring (bicyclic) bond motifs is 1. The Bertz CT molecular complexity index is 1120. The van der Waals surface area contributed by atoms with Crippen molar-refractivity contribution in [1.82, 2.24) is 14.9 Å². The number of amides is 2. The van der Waals surface area contributed by atoms with E-state index in [1.807, 2.05) is 47.8 Å². The molecule has 0 spiro atoms. The Labute approximate surface area is 187 Å². The zero-order valence-electron chi connectivity index (χ0n) is 18.5. The fraction of sp³-hybridized carbons (Fsp3) is 0.292. The summed E-state index contributed by atoms with van der Waals surface area (Å²) in [5.74, 6) is 1.22. The SMILES string of the molecule is COc1ccc(NC(=O)c2cnc3n2C[C@H](NC(=O)c2cccc(N(C)C)c2)CC3)cc1. The summed E-state index contributed by atoms with van der Waals surface area (Å²) < 4.78 is 7.04. The van der Waals surface area contributed by atoms with E-state index >= 15 is 0 Å². The molecule has 32 heavy (non-hydrogen) atoms. The first kappa shape index (κ1) is 21.4. The van der Waals surface area contributed by atoms with E-state index in [4.69, 9.17) is 4.74 Å². The van der Waals surface area contributed by atoms with Crippen LogP contribution in [0.3, 0.4) is 0 Å². The number of nitrogens with zero attached hydrogens (tertiary/aromatic N) is 3. The maximum absolute atomic E-state index is 12.9. The minimum Gasteiger partial charge on any atom is -0.497 e. The molecule has 8 nitrogen and oxygen atoms in total. The van der Waals surface area contributed by atoms with Gasteiger partial charge in [0.1, 0.15) is 17.3 Å². The number of carbonyl (C=O) groups excluding carboxylic acids is 2. The Kier molecular flexibility index (Phi) is 6.11. The molecule has 0 radical (unpaired) electrons. The lowest BCUT2D eigenvalue weighted by molar-refractivity contribution is 0.0927. The van der Waals surface area contributed by atoms with Crippen molar-refractivity contribution in [2.75, 3.05) is 31.4 Å². The lowest BCUT2D eigenvalue weighted by atomic mass is 10.1. The van der Waals surface area contributed by atoms with E-state index in [0.717, 1.165) is 23.7 Å². The van der Waals surface area contributed by atoms with Crippen molar-refractivity contribution in [3.8, 4) is 5.75 Å². The second-order valence-corrected chi connectivity index (χ2v) is 8.01. The molecule has 0 unspecified atom stereocenters. The number of aromatic nitrogens is 2. The summed E-state index contributed by atoms with van der Waals surface area (Å²) >= 11 is 0. The molecular formula is C24H27N5O3. The van der Waals surface area contributed by atoms with Crippen LogP contribution < -0.4 is 20.3 Å². The van der Waals surface area contributed by atoms with Gasteiger partial charge in [-0.15, -0.1) is 0 Å². The van der Waals surface area contributed by atoms with Gasteiger partial charge < -0.3 is 24.8 Å². The van der Waals surface area contributed by atoms with Gasteiger partial charge >= 0.3 is 0 Å². The molecule has 1 aliphatic heterocycles. The Balaban J connectivity index is 1.44. The highest BCUT2D eigenvalue weighted by atomic mass is 16.5. The van der Waals surface area contributed by atoms with E-state index < -0.39 is 0 Å². The number of rotatable bonds is 6. The molecule has 2 amide bonds. The number of methoxy groups -OCH3 is 1. The van der Waals surface area contributed by atoms with Crippen LogP contribution in [-0.4, -0.2) is 48.6 Å². The Morgan fingerprint density at radius 3 is 2.62 bits per heavy atom. The highest BCUT2D eigenvalue weighted by molar-refractivity contribution is 6.03. The lowest BCUT2D eigenvalue weighted by Crippen LogP contribution is -2.41. The molecule has 0 saturated heterocycles. The molecule has 0 aliphatic carbocycles. The van der Waals surface area contributed by atoms with Gasteiger partial charge in [-0.2, -0.15) is 0 Å². The number of hydrogen-bond donors (Lipinski definition) is 2. The van der Waals surface area contributed by atoms with E-state index in [0.29, 0.717) is 29.9 Å². The first-order valence-electron chi connectivity index (χ1n) is 10.5. The first-order chi connectivity index (χ1) is 15.4. The topological polar surface area (TPSA) is 88.5 Å². The summed E-state index contributed by atoms with van der Waals surface area (Å²) in [5, 5.41) is 6.01. The van der Waals surface area contributed by atoms with Crippen LogP contribution in [0.1, 0.15) is 33.1 Å². The van der Waals surface area contributed by atoms with E-state index in [2.05, 4.69) is 15.6 Å². The third-order valence-electron chi connectivity index (χ3n) is 5.60. The molecule has 0 bridgehead atoms. The zero-order valence-corrected chi connectivity index (χ0v) is 18.5. The maximum atomic E-state index is 12.9. The zero-order chi connectivity index (χ0) is 22.7. The van der Waals surface area contributed by atoms with Gasteiger partial charge in [0, 0.05) is 50.0 Å². The Morgan fingerprint density at radius 2 is 1.91 bits per heavy atom. The van der Waals surface area contributed by atoms with Gasteiger partial charge in [-0.25, -0.2) is 4.98 Å². The standard InChI is InChI=1S/C24H27N5O3/c1-28(2)19-6-4-5-16(13-19)23(30)27-18-9-12-22-25-14-21(29(22)15-18)24(31)26-17-7-10-20(32-3)11-8-17/h4-8,10-11,13-14,18H,9,12,15H2,1-3H3,(H,26,31)(H,27,30)/t18-/m1/s1. The molecule has 3 aromatic rings. The molecular weight excluding hydrogens is 406 g/mol. The summed E-state index contributed by atoms with van der Waals surface area (Å²) in [6, 6.07) is 14.6. The number of benzene rings is 2. The molecule has 2 N–H and O–H groups in total. The summed E-state index contributed by atoms with van der Waals surface area (Å²) in [6.45, 7) is 0.500. The second-order valence-electron chi connectivity index (χ2n) is 8.01. The van der Waals surface area contributed by atoms with Crippen molar-refractivity contribution in [1.29, 1.82) is 0 Å². The summed E-state index contributed by atoms with van der Waals surface area (Å²) in [7, 11) is 5.48. The van der Waals surface area contributed by atoms with Crippen LogP contribution in [0.2, 0.25) is 0 Å². The fourth-order valence-electron chi connectivity index (χ4n) is 3.79. The number of anilines is 2. The number of ether oxygens (including phenoxy) is 1.